The number of nitrogens with zero attached hydrogens (tertiary/aromatic N) is 2. The van der Waals surface area contributed by atoms with Crippen molar-refractivity contribution in [1.29, 1.82) is 0 Å². The molecule has 23 heavy (non-hydrogen) atoms. The van der Waals surface area contributed by atoms with Crippen LogP contribution in [0.2, 0.25) is 0 Å². The summed E-state index contributed by atoms with van der Waals surface area (Å²) in [6, 6.07) is 7.25. The minimum absolute atomic E-state index is 0.150. The van der Waals surface area contributed by atoms with Crippen LogP contribution in [0.1, 0.15) is 19.4 Å². The van der Waals surface area contributed by atoms with Crippen LogP contribution in [-0.2, 0) is 19.1 Å². The SMILES string of the molecule is CC1(C)OC(=O)C(=Cc2ccccc2-n2cc(Br)cn2)C(=O)O1. The molecule has 0 radical (unpaired) electrons. The number of esters is 2. The van der Waals surface area contributed by atoms with Crippen LogP contribution in [0.5, 0.6) is 0 Å². The van der Waals surface area contributed by atoms with E-state index in [-0.39, 0.29) is 5.57 Å². The van der Waals surface area contributed by atoms with Gasteiger partial charge in [0.15, 0.2) is 0 Å². The van der Waals surface area contributed by atoms with Crippen LogP contribution in [0.25, 0.3) is 11.8 Å². The number of ether oxygens (including phenoxy) is 2. The molecule has 2 aromatic rings. The Morgan fingerprint density at radius 2 is 1.83 bits per heavy atom. The standard InChI is InChI=1S/C16H13BrN2O4/c1-16(2)22-14(20)12(15(21)23-16)7-10-5-3-4-6-13(10)19-9-11(17)8-18-19/h3-9H,1-2H3. The molecule has 3 rings (SSSR count). The lowest BCUT2D eigenvalue weighted by Gasteiger charge is -2.29. The Kier molecular flexibility index (Phi) is 3.81. The predicted molar refractivity (Wildman–Crippen MR) is 85.5 cm³/mol. The zero-order valence-electron chi connectivity index (χ0n) is 12.4. The highest BCUT2D eigenvalue weighted by molar-refractivity contribution is 9.10. The molecule has 1 saturated heterocycles. The van der Waals surface area contributed by atoms with Crippen molar-refractivity contribution in [3.63, 3.8) is 0 Å². The van der Waals surface area contributed by atoms with Gasteiger partial charge in [-0.2, -0.15) is 5.10 Å². The summed E-state index contributed by atoms with van der Waals surface area (Å²) in [5.41, 5.74) is 1.21. The van der Waals surface area contributed by atoms with Gasteiger partial charge in [-0.15, -0.1) is 0 Å². The third-order valence-electron chi connectivity index (χ3n) is 3.15. The lowest BCUT2D eigenvalue weighted by Crippen LogP contribution is -2.41. The quantitative estimate of drug-likeness (QED) is 0.457. The second-order valence-corrected chi connectivity index (χ2v) is 6.31. The summed E-state index contributed by atoms with van der Waals surface area (Å²) in [7, 11) is 0. The molecule has 7 heteroatoms. The summed E-state index contributed by atoms with van der Waals surface area (Å²) < 4.78 is 12.7. The molecule has 0 aliphatic carbocycles. The van der Waals surface area contributed by atoms with Gasteiger partial charge in [0, 0.05) is 25.6 Å². The van der Waals surface area contributed by atoms with E-state index in [1.54, 1.807) is 29.2 Å². The number of benzene rings is 1. The van der Waals surface area contributed by atoms with Gasteiger partial charge in [0.1, 0.15) is 5.57 Å². The number of halogens is 1. The highest BCUT2D eigenvalue weighted by Gasteiger charge is 2.38. The van der Waals surface area contributed by atoms with E-state index in [9.17, 15) is 9.59 Å². The Hall–Kier alpha value is -2.41. The summed E-state index contributed by atoms with van der Waals surface area (Å²) in [6.07, 6.45) is 4.87. The highest BCUT2D eigenvalue weighted by Crippen LogP contribution is 2.26. The van der Waals surface area contributed by atoms with Crippen molar-refractivity contribution < 1.29 is 19.1 Å². The molecular weight excluding hydrogens is 364 g/mol. The monoisotopic (exact) mass is 376 g/mol. The molecule has 1 aromatic carbocycles. The summed E-state index contributed by atoms with van der Waals surface area (Å²) in [5.74, 6) is -2.66. The largest absolute Gasteiger partial charge is 0.419 e. The van der Waals surface area contributed by atoms with Crippen molar-refractivity contribution in [2.45, 2.75) is 19.6 Å². The Morgan fingerprint density at radius 1 is 1.17 bits per heavy atom. The summed E-state index contributed by atoms with van der Waals surface area (Å²) >= 11 is 3.34. The third kappa shape index (κ3) is 3.19. The second kappa shape index (κ2) is 5.66. The van der Waals surface area contributed by atoms with E-state index in [0.717, 1.165) is 10.2 Å². The summed E-state index contributed by atoms with van der Waals surface area (Å²) in [5, 5.41) is 4.21. The summed E-state index contributed by atoms with van der Waals surface area (Å²) in [4.78, 5) is 24.1. The number of carbonyl (C=O) groups excluding carboxylic acids is 2. The molecule has 1 fully saturated rings. The third-order valence-corrected chi connectivity index (χ3v) is 3.56. The topological polar surface area (TPSA) is 70.4 Å². The second-order valence-electron chi connectivity index (χ2n) is 5.40. The molecule has 0 atom stereocenters. The Balaban J connectivity index is 2.03. The fourth-order valence-electron chi connectivity index (χ4n) is 2.18. The normalized spacial score (nSPS) is 16.7. The molecule has 2 heterocycles. The van der Waals surface area contributed by atoms with Crippen LogP contribution in [0, 0.1) is 0 Å². The molecule has 0 saturated carbocycles. The highest BCUT2D eigenvalue weighted by atomic mass is 79.9. The number of hydrogen-bond acceptors (Lipinski definition) is 5. The van der Waals surface area contributed by atoms with Gasteiger partial charge in [-0.1, -0.05) is 18.2 Å². The molecule has 0 amide bonds. The van der Waals surface area contributed by atoms with Crippen molar-refractivity contribution in [1.82, 2.24) is 9.78 Å². The molecule has 0 spiro atoms. The molecule has 1 aromatic heterocycles. The first-order valence-electron chi connectivity index (χ1n) is 6.84. The van der Waals surface area contributed by atoms with Gasteiger partial charge in [-0.25, -0.2) is 14.3 Å². The van der Waals surface area contributed by atoms with Crippen molar-refractivity contribution in [3.8, 4) is 5.69 Å². The fraction of sp³-hybridized carbons (Fsp3) is 0.188. The van der Waals surface area contributed by atoms with E-state index in [2.05, 4.69) is 21.0 Å². The number of aromatic nitrogens is 2. The maximum Gasteiger partial charge on any atom is 0.348 e. The zero-order chi connectivity index (χ0) is 16.6. The predicted octanol–water partition coefficient (Wildman–Crippen LogP) is 2.85. The van der Waals surface area contributed by atoms with Crippen LogP contribution in [0.15, 0.2) is 46.7 Å². The molecule has 1 aliphatic rings. The Morgan fingerprint density at radius 3 is 2.43 bits per heavy atom. The zero-order valence-corrected chi connectivity index (χ0v) is 14.0. The molecule has 1 aliphatic heterocycles. The van der Waals surface area contributed by atoms with E-state index in [4.69, 9.17) is 9.47 Å². The van der Waals surface area contributed by atoms with E-state index >= 15 is 0 Å². The molecule has 0 N–H and O–H groups in total. The molecule has 6 nitrogen and oxygen atoms in total. The maximum absolute atomic E-state index is 12.1. The average Bonchev–Trinajstić information content (AvgIpc) is 2.89. The molecule has 0 bridgehead atoms. The Labute approximate surface area is 140 Å². The summed E-state index contributed by atoms with van der Waals surface area (Å²) in [6.45, 7) is 3.02. The number of carbonyl (C=O) groups is 2. The number of para-hydroxylation sites is 1. The maximum atomic E-state index is 12.1. The van der Waals surface area contributed by atoms with Gasteiger partial charge in [0.05, 0.1) is 16.4 Å². The van der Waals surface area contributed by atoms with Gasteiger partial charge in [-0.05, 0) is 28.1 Å². The first-order chi connectivity index (χ1) is 10.9. The van der Waals surface area contributed by atoms with E-state index in [0.29, 0.717) is 5.56 Å². The number of cyclic esters (lactones) is 2. The van der Waals surface area contributed by atoms with E-state index < -0.39 is 17.7 Å². The molecule has 118 valence electrons. The van der Waals surface area contributed by atoms with Gasteiger partial charge in [-0.3, -0.25) is 0 Å². The lowest BCUT2D eigenvalue weighted by molar-refractivity contribution is -0.222. The smallest absolute Gasteiger partial charge is 0.348 e. The van der Waals surface area contributed by atoms with Crippen molar-refractivity contribution in [2.75, 3.05) is 0 Å². The van der Waals surface area contributed by atoms with Gasteiger partial charge in [0.2, 0.25) is 0 Å². The van der Waals surface area contributed by atoms with Crippen LogP contribution in [0.4, 0.5) is 0 Å². The number of rotatable bonds is 2. The van der Waals surface area contributed by atoms with Crippen LogP contribution in [0.3, 0.4) is 0 Å². The van der Waals surface area contributed by atoms with E-state index in [1.165, 1.54) is 19.9 Å². The first-order valence-corrected chi connectivity index (χ1v) is 7.63. The fourth-order valence-corrected chi connectivity index (χ4v) is 2.47. The van der Waals surface area contributed by atoms with E-state index in [1.807, 2.05) is 12.1 Å². The van der Waals surface area contributed by atoms with Crippen molar-refractivity contribution in [3.05, 3.63) is 52.3 Å². The average molecular weight is 377 g/mol. The minimum Gasteiger partial charge on any atom is -0.419 e. The van der Waals surface area contributed by atoms with Crippen LogP contribution < -0.4 is 0 Å². The van der Waals surface area contributed by atoms with Crippen LogP contribution in [-0.4, -0.2) is 27.5 Å². The molecular formula is C16H13BrN2O4. The minimum atomic E-state index is -1.25. The number of hydrogen-bond donors (Lipinski definition) is 0. The van der Waals surface area contributed by atoms with Crippen molar-refractivity contribution >= 4 is 33.9 Å². The van der Waals surface area contributed by atoms with Gasteiger partial charge < -0.3 is 9.47 Å². The van der Waals surface area contributed by atoms with Crippen molar-refractivity contribution in [2.24, 2.45) is 0 Å². The Bertz CT molecular complexity index is 801. The first kappa shape index (κ1) is 15.5. The van der Waals surface area contributed by atoms with Crippen LogP contribution >= 0.6 is 15.9 Å². The lowest BCUT2D eigenvalue weighted by atomic mass is 10.1. The van der Waals surface area contributed by atoms with Gasteiger partial charge in [0.25, 0.3) is 5.79 Å². The molecule has 0 unspecified atom stereocenters. The van der Waals surface area contributed by atoms with Gasteiger partial charge >= 0.3 is 11.9 Å².